The molecule has 1 aliphatic rings. The fourth-order valence-electron chi connectivity index (χ4n) is 3.46. The zero-order valence-corrected chi connectivity index (χ0v) is 17.3. The summed E-state index contributed by atoms with van der Waals surface area (Å²) in [7, 11) is 2.10. The van der Waals surface area contributed by atoms with Gasteiger partial charge in [0.25, 0.3) is 5.89 Å². The van der Waals surface area contributed by atoms with E-state index in [1.54, 1.807) is 11.3 Å². The number of aryl methyl sites for hydroxylation is 1. The van der Waals surface area contributed by atoms with Gasteiger partial charge in [0.1, 0.15) is 4.83 Å². The number of hydrogen-bond acceptors (Lipinski definition) is 7. The molecule has 1 aliphatic heterocycles. The largest absolute Gasteiger partial charge is 0.333 e. The van der Waals surface area contributed by atoms with Crippen LogP contribution in [0.2, 0.25) is 0 Å². The Labute approximate surface area is 172 Å². The molecule has 5 rings (SSSR count). The second-order valence-electron chi connectivity index (χ2n) is 6.82. The summed E-state index contributed by atoms with van der Waals surface area (Å²) in [6, 6.07) is 12.4. The molecule has 4 heterocycles. The number of para-hydroxylation sites is 1. The van der Waals surface area contributed by atoms with Crippen LogP contribution in [0.25, 0.3) is 26.7 Å². The van der Waals surface area contributed by atoms with Crippen molar-refractivity contribution >= 4 is 34.0 Å². The highest BCUT2D eigenvalue weighted by Crippen LogP contribution is 2.36. The van der Waals surface area contributed by atoms with E-state index in [2.05, 4.69) is 50.7 Å². The quantitative estimate of drug-likeness (QED) is 0.551. The van der Waals surface area contributed by atoms with Crippen LogP contribution in [0.5, 0.6) is 0 Å². The Morgan fingerprint density at radius 1 is 1.25 bits per heavy atom. The highest BCUT2D eigenvalue weighted by Gasteiger charge is 2.26. The topological polar surface area (TPSA) is 72.0 Å². The highest BCUT2D eigenvalue weighted by molar-refractivity contribution is 7.21. The van der Waals surface area contributed by atoms with Gasteiger partial charge in [-0.3, -0.25) is 4.90 Å². The molecule has 1 saturated heterocycles. The number of piperazine rings is 1. The first kappa shape index (κ1) is 19.1. The zero-order valence-electron chi connectivity index (χ0n) is 15.6. The van der Waals surface area contributed by atoms with Crippen molar-refractivity contribution in [3.63, 3.8) is 0 Å². The van der Waals surface area contributed by atoms with E-state index in [0.29, 0.717) is 5.89 Å². The minimum Gasteiger partial charge on any atom is -0.333 e. The molecule has 1 aromatic carbocycles. The van der Waals surface area contributed by atoms with Crippen LogP contribution in [-0.2, 0) is 0 Å². The lowest BCUT2D eigenvalue weighted by atomic mass is 10.2. The lowest BCUT2D eigenvalue weighted by Crippen LogP contribution is -2.44. The van der Waals surface area contributed by atoms with Gasteiger partial charge < -0.3 is 9.84 Å². The van der Waals surface area contributed by atoms with E-state index in [-0.39, 0.29) is 18.4 Å². The fourth-order valence-corrected chi connectivity index (χ4v) is 4.57. The fraction of sp³-hybridized carbons (Fsp3) is 0.316. The number of hydrogen-bond donors (Lipinski definition) is 1. The molecule has 1 atom stereocenters. The summed E-state index contributed by atoms with van der Waals surface area (Å²) in [5.74, 6) is 1.31. The molecule has 28 heavy (non-hydrogen) atoms. The summed E-state index contributed by atoms with van der Waals surface area (Å²) in [5, 5.41) is 13.4. The summed E-state index contributed by atoms with van der Waals surface area (Å²) < 4.78 is 7.58. The monoisotopic (exact) mass is 416 g/mol. The Kier molecular flexibility index (Phi) is 5.20. The SMILES string of the molecule is Cc1nn(-c2ccccc2)c2sc(-c3nc(C4CNCCN4C)no3)cc12.Cl. The predicted octanol–water partition coefficient (Wildman–Crippen LogP) is 3.44. The number of thiophene rings is 1. The van der Waals surface area contributed by atoms with Crippen molar-refractivity contribution in [2.24, 2.45) is 0 Å². The smallest absolute Gasteiger partial charge is 0.268 e. The molecule has 7 nitrogen and oxygen atoms in total. The van der Waals surface area contributed by atoms with Crippen molar-refractivity contribution in [3.8, 4) is 16.5 Å². The Morgan fingerprint density at radius 3 is 2.86 bits per heavy atom. The number of likely N-dealkylation sites (N-methyl/N-ethyl adjacent to an activating group) is 1. The first-order chi connectivity index (χ1) is 13.2. The van der Waals surface area contributed by atoms with E-state index < -0.39 is 0 Å². The van der Waals surface area contributed by atoms with Gasteiger partial charge in [-0.1, -0.05) is 23.4 Å². The van der Waals surface area contributed by atoms with Gasteiger partial charge in [-0.2, -0.15) is 10.1 Å². The third kappa shape index (κ3) is 3.22. The van der Waals surface area contributed by atoms with Crippen molar-refractivity contribution in [2.75, 3.05) is 26.7 Å². The molecule has 1 fully saturated rings. The Morgan fingerprint density at radius 2 is 2.07 bits per heavy atom. The molecule has 0 aliphatic carbocycles. The Bertz CT molecular complexity index is 1090. The van der Waals surface area contributed by atoms with Crippen LogP contribution in [0.1, 0.15) is 17.6 Å². The van der Waals surface area contributed by atoms with E-state index >= 15 is 0 Å². The molecule has 4 aromatic rings. The average molecular weight is 417 g/mol. The van der Waals surface area contributed by atoms with Gasteiger partial charge in [-0.15, -0.1) is 23.7 Å². The number of benzene rings is 1. The number of halogens is 1. The molecule has 1 unspecified atom stereocenters. The second kappa shape index (κ2) is 7.63. The van der Waals surface area contributed by atoms with Gasteiger partial charge in [0.15, 0.2) is 5.82 Å². The molecule has 3 aromatic heterocycles. The summed E-state index contributed by atoms with van der Waals surface area (Å²) >= 11 is 1.63. The highest BCUT2D eigenvalue weighted by atomic mass is 35.5. The molecule has 1 N–H and O–H groups in total. The lowest BCUT2D eigenvalue weighted by Gasteiger charge is -2.30. The van der Waals surface area contributed by atoms with Crippen LogP contribution in [0.15, 0.2) is 40.9 Å². The second-order valence-corrected chi connectivity index (χ2v) is 7.85. The van der Waals surface area contributed by atoms with E-state index in [9.17, 15) is 0 Å². The van der Waals surface area contributed by atoms with Crippen LogP contribution >= 0.6 is 23.7 Å². The maximum Gasteiger partial charge on any atom is 0.268 e. The van der Waals surface area contributed by atoms with Gasteiger partial charge in [0.2, 0.25) is 0 Å². The third-order valence-corrected chi connectivity index (χ3v) is 6.11. The zero-order chi connectivity index (χ0) is 18.4. The lowest BCUT2D eigenvalue weighted by molar-refractivity contribution is 0.190. The molecular formula is C19H21ClN6OS. The van der Waals surface area contributed by atoms with E-state index in [1.807, 2.05) is 29.8 Å². The summed E-state index contributed by atoms with van der Waals surface area (Å²) in [6.07, 6.45) is 0. The molecule has 0 radical (unpaired) electrons. The Balaban J connectivity index is 0.00000192. The average Bonchev–Trinajstić information content (AvgIpc) is 3.39. The number of rotatable bonds is 3. The normalized spacial score (nSPS) is 17.7. The van der Waals surface area contributed by atoms with Crippen LogP contribution in [0.4, 0.5) is 0 Å². The molecule has 9 heteroatoms. The predicted molar refractivity (Wildman–Crippen MR) is 112 cm³/mol. The molecule has 0 amide bonds. The van der Waals surface area contributed by atoms with Crippen molar-refractivity contribution in [1.29, 1.82) is 0 Å². The number of nitrogens with one attached hydrogen (secondary N) is 1. The standard InChI is InChI=1S/C19H20N6OS.ClH/c1-12-14-10-16(27-19(14)25(22-12)13-6-4-3-5-7-13)18-21-17(23-26-18)15-11-20-8-9-24(15)2;/h3-7,10,15,20H,8-9,11H2,1-2H3;1H. The molecular weight excluding hydrogens is 396 g/mol. The van der Waals surface area contributed by atoms with Crippen LogP contribution in [-0.4, -0.2) is 51.5 Å². The summed E-state index contributed by atoms with van der Waals surface area (Å²) in [4.78, 5) is 9.00. The minimum atomic E-state index is 0. The van der Waals surface area contributed by atoms with Crippen LogP contribution in [0.3, 0.4) is 0 Å². The van der Waals surface area contributed by atoms with Crippen LogP contribution < -0.4 is 5.32 Å². The van der Waals surface area contributed by atoms with Crippen molar-refractivity contribution < 1.29 is 4.52 Å². The number of nitrogens with zero attached hydrogens (tertiary/aromatic N) is 5. The van der Waals surface area contributed by atoms with Crippen LogP contribution in [0, 0.1) is 6.92 Å². The van der Waals surface area contributed by atoms with Gasteiger partial charge in [0.05, 0.1) is 22.3 Å². The van der Waals surface area contributed by atoms with Crippen molar-refractivity contribution in [2.45, 2.75) is 13.0 Å². The summed E-state index contributed by atoms with van der Waals surface area (Å²) in [6.45, 7) is 4.83. The van der Waals surface area contributed by atoms with Gasteiger partial charge in [-0.25, -0.2) is 4.68 Å². The first-order valence-corrected chi connectivity index (χ1v) is 9.82. The minimum absolute atomic E-state index is 0. The summed E-state index contributed by atoms with van der Waals surface area (Å²) in [5.41, 5.74) is 2.04. The first-order valence-electron chi connectivity index (χ1n) is 9.00. The number of fused-ring (bicyclic) bond motifs is 1. The number of aromatic nitrogens is 4. The van der Waals surface area contributed by atoms with Crippen molar-refractivity contribution in [3.05, 3.63) is 47.9 Å². The van der Waals surface area contributed by atoms with E-state index in [0.717, 1.165) is 51.9 Å². The van der Waals surface area contributed by atoms with Gasteiger partial charge in [0, 0.05) is 25.0 Å². The molecule has 0 bridgehead atoms. The maximum absolute atomic E-state index is 5.60. The van der Waals surface area contributed by atoms with Gasteiger partial charge in [-0.05, 0) is 32.2 Å². The van der Waals surface area contributed by atoms with Gasteiger partial charge >= 0.3 is 0 Å². The van der Waals surface area contributed by atoms with Crippen molar-refractivity contribution in [1.82, 2.24) is 30.1 Å². The van der Waals surface area contributed by atoms with E-state index in [1.165, 1.54) is 0 Å². The Hall–Kier alpha value is -2.26. The van der Waals surface area contributed by atoms with E-state index in [4.69, 9.17) is 4.52 Å². The third-order valence-electron chi connectivity index (χ3n) is 5.01. The molecule has 146 valence electrons. The molecule has 0 saturated carbocycles. The molecule has 0 spiro atoms. The maximum atomic E-state index is 5.60.